The quantitative estimate of drug-likeness (QED) is 0.789. The van der Waals surface area contributed by atoms with E-state index < -0.39 is 0 Å². The number of nitrogens with zero attached hydrogens (tertiary/aromatic N) is 1. The van der Waals surface area contributed by atoms with Crippen molar-refractivity contribution in [3.8, 4) is 0 Å². The molecule has 0 fully saturated rings. The highest BCUT2D eigenvalue weighted by Gasteiger charge is 2.07. The third kappa shape index (κ3) is 4.22. The molecule has 3 heteroatoms. The highest BCUT2D eigenvalue weighted by Crippen LogP contribution is 2.19. The van der Waals surface area contributed by atoms with Crippen molar-refractivity contribution < 1.29 is 4.39 Å². The predicted molar refractivity (Wildman–Crippen MR) is 69.9 cm³/mol. The van der Waals surface area contributed by atoms with E-state index in [0.717, 1.165) is 23.1 Å². The van der Waals surface area contributed by atoms with E-state index in [2.05, 4.69) is 41.7 Å². The maximum atomic E-state index is 12.9. The first-order chi connectivity index (χ1) is 7.52. The second-order valence-corrected chi connectivity index (χ2v) is 5.30. The lowest BCUT2D eigenvalue weighted by atomic mass is 10.1. The molecule has 0 saturated heterocycles. The number of benzene rings is 1. The Balaban J connectivity index is 2.59. The van der Waals surface area contributed by atoms with Gasteiger partial charge in [0.2, 0.25) is 0 Å². The van der Waals surface area contributed by atoms with Crippen LogP contribution >= 0.6 is 15.9 Å². The van der Waals surface area contributed by atoms with Crippen molar-refractivity contribution in [1.82, 2.24) is 4.90 Å². The molecule has 0 saturated carbocycles. The SMILES string of the molecule is CCC(C)CN(C)Cc1ccc(F)cc1Br. The number of halogens is 2. The molecule has 0 amide bonds. The first-order valence-electron chi connectivity index (χ1n) is 5.65. The molecule has 1 rings (SSSR count). The van der Waals surface area contributed by atoms with E-state index in [0.29, 0.717) is 5.92 Å². The van der Waals surface area contributed by atoms with Gasteiger partial charge >= 0.3 is 0 Å². The molecule has 0 radical (unpaired) electrons. The molecule has 0 aliphatic carbocycles. The smallest absolute Gasteiger partial charge is 0.124 e. The van der Waals surface area contributed by atoms with Crippen molar-refractivity contribution in [2.24, 2.45) is 5.92 Å². The van der Waals surface area contributed by atoms with E-state index in [9.17, 15) is 4.39 Å². The zero-order chi connectivity index (χ0) is 12.1. The van der Waals surface area contributed by atoms with Gasteiger partial charge in [0.05, 0.1) is 0 Å². The summed E-state index contributed by atoms with van der Waals surface area (Å²) in [5.41, 5.74) is 1.13. The number of rotatable bonds is 5. The monoisotopic (exact) mass is 287 g/mol. The fourth-order valence-electron chi connectivity index (χ4n) is 1.67. The van der Waals surface area contributed by atoms with Gasteiger partial charge in [0.1, 0.15) is 5.82 Å². The molecule has 0 spiro atoms. The molecule has 0 N–H and O–H groups in total. The van der Waals surface area contributed by atoms with Gasteiger partial charge in [-0.3, -0.25) is 0 Å². The molecule has 0 aromatic heterocycles. The Morgan fingerprint density at radius 2 is 2.12 bits per heavy atom. The summed E-state index contributed by atoms with van der Waals surface area (Å²) in [5, 5.41) is 0. The van der Waals surface area contributed by atoms with E-state index in [4.69, 9.17) is 0 Å². The Labute approximate surface area is 106 Å². The second kappa shape index (κ2) is 6.36. The topological polar surface area (TPSA) is 3.24 Å². The van der Waals surface area contributed by atoms with Gasteiger partial charge in [0.25, 0.3) is 0 Å². The third-order valence-corrected chi connectivity index (χ3v) is 3.51. The van der Waals surface area contributed by atoms with Crippen molar-refractivity contribution in [3.05, 3.63) is 34.1 Å². The normalized spacial score (nSPS) is 13.1. The summed E-state index contributed by atoms with van der Waals surface area (Å²) in [7, 11) is 2.10. The maximum absolute atomic E-state index is 12.9. The Morgan fingerprint density at radius 1 is 1.44 bits per heavy atom. The molecular weight excluding hydrogens is 269 g/mol. The second-order valence-electron chi connectivity index (χ2n) is 4.45. The fraction of sp³-hybridized carbons (Fsp3) is 0.538. The van der Waals surface area contributed by atoms with Crippen molar-refractivity contribution in [2.75, 3.05) is 13.6 Å². The molecule has 1 unspecified atom stereocenters. The average Bonchev–Trinajstić information content (AvgIpc) is 2.22. The largest absolute Gasteiger partial charge is 0.302 e. The Kier molecular flexibility index (Phi) is 5.42. The summed E-state index contributed by atoms with van der Waals surface area (Å²) in [4.78, 5) is 2.27. The standard InChI is InChI=1S/C13H19BrFN/c1-4-10(2)8-16(3)9-11-5-6-12(15)7-13(11)14/h5-7,10H,4,8-9H2,1-3H3. The van der Waals surface area contributed by atoms with Crippen LogP contribution in [0, 0.1) is 11.7 Å². The lowest BCUT2D eigenvalue weighted by Gasteiger charge is -2.21. The molecule has 0 aliphatic rings. The molecule has 1 aromatic rings. The van der Waals surface area contributed by atoms with Crippen LogP contribution in [0.3, 0.4) is 0 Å². The summed E-state index contributed by atoms with van der Waals surface area (Å²) in [6, 6.07) is 4.87. The van der Waals surface area contributed by atoms with Crippen LogP contribution in [0.25, 0.3) is 0 Å². The minimum absolute atomic E-state index is 0.194. The zero-order valence-electron chi connectivity index (χ0n) is 10.1. The van der Waals surface area contributed by atoms with E-state index in [-0.39, 0.29) is 5.82 Å². The van der Waals surface area contributed by atoms with Crippen LogP contribution < -0.4 is 0 Å². The van der Waals surface area contributed by atoms with Crippen LogP contribution in [0.4, 0.5) is 4.39 Å². The first-order valence-corrected chi connectivity index (χ1v) is 6.44. The molecule has 1 aromatic carbocycles. The van der Waals surface area contributed by atoms with Crippen LogP contribution in [0.5, 0.6) is 0 Å². The zero-order valence-corrected chi connectivity index (χ0v) is 11.7. The Bertz CT molecular complexity index is 341. The van der Waals surface area contributed by atoms with Crippen molar-refractivity contribution >= 4 is 15.9 Å². The van der Waals surface area contributed by atoms with Crippen molar-refractivity contribution in [2.45, 2.75) is 26.8 Å². The average molecular weight is 288 g/mol. The van der Waals surface area contributed by atoms with Gasteiger partial charge in [0.15, 0.2) is 0 Å². The number of hydrogen-bond donors (Lipinski definition) is 0. The molecule has 90 valence electrons. The van der Waals surface area contributed by atoms with E-state index in [1.54, 1.807) is 0 Å². The first kappa shape index (κ1) is 13.7. The molecule has 1 nitrogen and oxygen atoms in total. The van der Waals surface area contributed by atoms with Gasteiger partial charge in [-0.2, -0.15) is 0 Å². The van der Waals surface area contributed by atoms with Gasteiger partial charge in [-0.1, -0.05) is 42.3 Å². The minimum Gasteiger partial charge on any atom is -0.302 e. The van der Waals surface area contributed by atoms with Crippen LogP contribution in [-0.2, 0) is 6.54 Å². The summed E-state index contributed by atoms with van der Waals surface area (Å²) in [6.45, 7) is 6.37. The van der Waals surface area contributed by atoms with Gasteiger partial charge < -0.3 is 4.90 Å². The highest BCUT2D eigenvalue weighted by atomic mass is 79.9. The van der Waals surface area contributed by atoms with E-state index >= 15 is 0 Å². The van der Waals surface area contributed by atoms with Gasteiger partial charge in [-0.05, 0) is 30.7 Å². The molecule has 0 aliphatic heterocycles. The van der Waals surface area contributed by atoms with Crippen LogP contribution in [0.1, 0.15) is 25.8 Å². The van der Waals surface area contributed by atoms with Crippen LogP contribution in [0.2, 0.25) is 0 Å². The summed E-state index contributed by atoms with van der Waals surface area (Å²) >= 11 is 3.39. The summed E-state index contributed by atoms with van der Waals surface area (Å²) < 4.78 is 13.8. The van der Waals surface area contributed by atoms with Crippen LogP contribution in [-0.4, -0.2) is 18.5 Å². The highest BCUT2D eigenvalue weighted by molar-refractivity contribution is 9.10. The number of hydrogen-bond acceptors (Lipinski definition) is 1. The Hall–Kier alpha value is -0.410. The predicted octanol–water partition coefficient (Wildman–Crippen LogP) is 4.07. The van der Waals surface area contributed by atoms with Gasteiger partial charge in [0, 0.05) is 17.6 Å². The lowest BCUT2D eigenvalue weighted by Crippen LogP contribution is -2.23. The Morgan fingerprint density at radius 3 is 2.69 bits per heavy atom. The van der Waals surface area contributed by atoms with E-state index in [1.165, 1.54) is 18.6 Å². The molecule has 16 heavy (non-hydrogen) atoms. The van der Waals surface area contributed by atoms with Crippen molar-refractivity contribution in [3.63, 3.8) is 0 Å². The lowest BCUT2D eigenvalue weighted by molar-refractivity contribution is 0.274. The fourth-order valence-corrected chi connectivity index (χ4v) is 2.14. The minimum atomic E-state index is -0.194. The molecular formula is C13H19BrFN. The van der Waals surface area contributed by atoms with Gasteiger partial charge in [-0.15, -0.1) is 0 Å². The summed E-state index contributed by atoms with van der Waals surface area (Å²) in [5.74, 6) is 0.504. The third-order valence-electron chi connectivity index (χ3n) is 2.78. The maximum Gasteiger partial charge on any atom is 0.124 e. The molecule has 0 heterocycles. The summed E-state index contributed by atoms with van der Waals surface area (Å²) in [6.07, 6.45) is 1.19. The van der Waals surface area contributed by atoms with Crippen LogP contribution in [0.15, 0.2) is 22.7 Å². The molecule has 0 bridgehead atoms. The van der Waals surface area contributed by atoms with Crippen molar-refractivity contribution in [1.29, 1.82) is 0 Å². The molecule has 1 atom stereocenters. The van der Waals surface area contributed by atoms with E-state index in [1.807, 2.05) is 6.07 Å². The van der Waals surface area contributed by atoms with Gasteiger partial charge in [-0.25, -0.2) is 4.39 Å².